The molecule has 0 amide bonds. The lowest BCUT2D eigenvalue weighted by atomic mass is 10.1. The third kappa shape index (κ3) is 2.54. The van der Waals surface area contributed by atoms with E-state index in [2.05, 4.69) is 5.10 Å². The SMILES string of the molecule is CCCn1nccc1C(=O)c1cc(N)cc(Cl)c1. The smallest absolute Gasteiger partial charge is 0.211 e. The molecule has 4 nitrogen and oxygen atoms in total. The van der Waals surface area contributed by atoms with Crippen LogP contribution in [0.1, 0.15) is 29.4 Å². The number of carbonyl (C=O) groups excluding carboxylic acids is 1. The second-order valence-corrected chi connectivity index (χ2v) is 4.48. The molecular formula is C13H14ClN3O. The topological polar surface area (TPSA) is 60.9 Å². The first kappa shape index (κ1) is 12.6. The van der Waals surface area contributed by atoms with E-state index in [9.17, 15) is 4.79 Å². The maximum atomic E-state index is 12.3. The molecule has 94 valence electrons. The summed E-state index contributed by atoms with van der Waals surface area (Å²) >= 11 is 5.90. The molecule has 5 heteroatoms. The minimum atomic E-state index is -0.116. The van der Waals surface area contributed by atoms with Crippen molar-refractivity contribution in [3.8, 4) is 0 Å². The van der Waals surface area contributed by atoms with Gasteiger partial charge in [-0.05, 0) is 30.7 Å². The number of ketones is 1. The summed E-state index contributed by atoms with van der Waals surface area (Å²) in [7, 11) is 0. The predicted molar refractivity (Wildman–Crippen MR) is 71.8 cm³/mol. The van der Waals surface area contributed by atoms with E-state index in [4.69, 9.17) is 17.3 Å². The lowest BCUT2D eigenvalue weighted by molar-refractivity contribution is 0.102. The molecule has 0 aliphatic heterocycles. The van der Waals surface area contributed by atoms with Crippen molar-refractivity contribution >= 4 is 23.1 Å². The van der Waals surface area contributed by atoms with Gasteiger partial charge in [0.2, 0.25) is 5.78 Å². The van der Waals surface area contributed by atoms with Crippen molar-refractivity contribution < 1.29 is 4.79 Å². The lowest BCUT2D eigenvalue weighted by Gasteiger charge is -2.06. The van der Waals surface area contributed by atoms with Crippen LogP contribution in [0.5, 0.6) is 0 Å². The molecule has 0 atom stereocenters. The van der Waals surface area contributed by atoms with Crippen LogP contribution in [0.3, 0.4) is 0 Å². The third-order valence-electron chi connectivity index (χ3n) is 2.57. The van der Waals surface area contributed by atoms with Crippen LogP contribution in [-0.4, -0.2) is 15.6 Å². The highest BCUT2D eigenvalue weighted by molar-refractivity contribution is 6.31. The highest BCUT2D eigenvalue weighted by Crippen LogP contribution is 2.19. The number of nitrogen functional groups attached to an aromatic ring is 1. The van der Waals surface area contributed by atoms with Gasteiger partial charge in [-0.15, -0.1) is 0 Å². The van der Waals surface area contributed by atoms with Crippen molar-refractivity contribution in [2.24, 2.45) is 0 Å². The Labute approximate surface area is 110 Å². The Kier molecular flexibility index (Phi) is 3.67. The molecule has 0 aliphatic rings. The van der Waals surface area contributed by atoms with Gasteiger partial charge in [0.15, 0.2) is 0 Å². The molecule has 0 saturated heterocycles. The first-order valence-electron chi connectivity index (χ1n) is 5.74. The Morgan fingerprint density at radius 3 is 2.89 bits per heavy atom. The second kappa shape index (κ2) is 5.23. The first-order valence-corrected chi connectivity index (χ1v) is 6.12. The van der Waals surface area contributed by atoms with Crippen molar-refractivity contribution in [1.29, 1.82) is 0 Å². The predicted octanol–water partition coefficient (Wildman–Crippen LogP) is 2.76. The number of nitrogens with zero attached hydrogens (tertiary/aromatic N) is 2. The number of benzene rings is 1. The lowest BCUT2D eigenvalue weighted by Crippen LogP contribution is -2.11. The first-order chi connectivity index (χ1) is 8.61. The summed E-state index contributed by atoms with van der Waals surface area (Å²) < 4.78 is 1.69. The molecule has 0 spiro atoms. The van der Waals surface area contributed by atoms with Gasteiger partial charge in [-0.25, -0.2) is 0 Å². The number of hydrogen-bond acceptors (Lipinski definition) is 3. The van der Waals surface area contributed by atoms with Gasteiger partial charge in [-0.1, -0.05) is 18.5 Å². The number of aromatic nitrogens is 2. The monoisotopic (exact) mass is 263 g/mol. The summed E-state index contributed by atoms with van der Waals surface area (Å²) in [6.45, 7) is 2.75. The standard InChI is InChI=1S/C13H14ClN3O/c1-2-5-17-12(3-4-16-17)13(18)9-6-10(14)8-11(15)7-9/h3-4,6-8H,2,5,15H2,1H3. The van der Waals surface area contributed by atoms with E-state index >= 15 is 0 Å². The minimum absolute atomic E-state index is 0.116. The number of hydrogen-bond donors (Lipinski definition) is 1. The Morgan fingerprint density at radius 1 is 1.44 bits per heavy atom. The van der Waals surface area contributed by atoms with Gasteiger partial charge < -0.3 is 5.73 Å². The average Bonchev–Trinajstić information content (AvgIpc) is 2.75. The number of anilines is 1. The summed E-state index contributed by atoms with van der Waals surface area (Å²) in [6.07, 6.45) is 2.54. The second-order valence-electron chi connectivity index (χ2n) is 4.04. The van der Waals surface area contributed by atoms with Crippen LogP contribution in [0, 0.1) is 0 Å². The summed E-state index contributed by atoms with van der Waals surface area (Å²) in [5, 5.41) is 4.59. The summed E-state index contributed by atoms with van der Waals surface area (Å²) in [5.41, 5.74) is 7.21. The molecule has 0 aliphatic carbocycles. The number of halogens is 1. The molecule has 1 heterocycles. The highest BCUT2D eigenvalue weighted by atomic mass is 35.5. The van der Waals surface area contributed by atoms with Gasteiger partial charge in [0.1, 0.15) is 5.69 Å². The molecule has 18 heavy (non-hydrogen) atoms. The summed E-state index contributed by atoms with van der Waals surface area (Å²) in [6, 6.07) is 6.55. The van der Waals surface area contributed by atoms with Crippen molar-refractivity contribution in [3.63, 3.8) is 0 Å². The molecule has 2 aromatic rings. The van der Waals surface area contributed by atoms with Crippen LogP contribution >= 0.6 is 11.6 Å². The molecule has 0 bridgehead atoms. The van der Waals surface area contributed by atoms with Crippen molar-refractivity contribution in [2.45, 2.75) is 19.9 Å². The Morgan fingerprint density at radius 2 is 2.22 bits per heavy atom. The highest BCUT2D eigenvalue weighted by Gasteiger charge is 2.14. The van der Waals surface area contributed by atoms with E-state index in [0.717, 1.165) is 6.42 Å². The molecule has 1 aromatic heterocycles. The molecule has 0 radical (unpaired) electrons. The van der Waals surface area contributed by atoms with Crippen molar-refractivity contribution in [1.82, 2.24) is 9.78 Å². The molecule has 0 fully saturated rings. The van der Waals surface area contributed by atoms with E-state index < -0.39 is 0 Å². The van der Waals surface area contributed by atoms with Gasteiger partial charge in [0.25, 0.3) is 0 Å². The average molecular weight is 264 g/mol. The maximum absolute atomic E-state index is 12.3. The fraction of sp³-hybridized carbons (Fsp3) is 0.231. The van der Waals surface area contributed by atoms with E-state index in [-0.39, 0.29) is 5.78 Å². The molecule has 1 aromatic carbocycles. The van der Waals surface area contributed by atoms with Crippen molar-refractivity contribution in [3.05, 3.63) is 46.7 Å². The van der Waals surface area contributed by atoms with Gasteiger partial charge >= 0.3 is 0 Å². The molecule has 2 rings (SSSR count). The van der Waals surface area contributed by atoms with Gasteiger partial charge in [-0.3, -0.25) is 9.48 Å². The zero-order valence-corrected chi connectivity index (χ0v) is 10.8. The quantitative estimate of drug-likeness (QED) is 0.682. The summed E-state index contributed by atoms with van der Waals surface area (Å²) in [4.78, 5) is 12.3. The van der Waals surface area contributed by atoms with E-state index in [1.807, 2.05) is 6.92 Å². The zero-order chi connectivity index (χ0) is 13.1. The third-order valence-corrected chi connectivity index (χ3v) is 2.79. The van der Waals surface area contributed by atoms with Crippen LogP contribution in [-0.2, 0) is 6.54 Å². The Hall–Kier alpha value is -1.81. The fourth-order valence-corrected chi connectivity index (χ4v) is 2.05. The maximum Gasteiger partial charge on any atom is 0.211 e. The van der Waals surface area contributed by atoms with Gasteiger partial charge in [0.05, 0.1) is 0 Å². The largest absolute Gasteiger partial charge is 0.399 e. The number of aryl methyl sites for hydroxylation is 1. The summed E-state index contributed by atoms with van der Waals surface area (Å²) in [5.74, 6) is -0.116. The molecule has 2 N–H and O–H groups in total. The molecule has 0 unspecified atom stereocenters. The number of carbonyl (C=O) groups is 1. The Bertz CT molecular complexity index is 557. The van der Waals surface area contributed by atoms with Crippen LogP contribution in [0.4, 0.5) is 5.69 Å². The van der Waals surface area contributed by atoms with Gasteiger partial charge in [0, 0.05) is 29.0 Å². The zero-order valence-electron chi connectivity index (χ0n) is 10.1. The van der Waals surface area contributed by atoms with E-state index in [1.165, 1.54) is 0 Å². The number of rotatable bonds is 4. The molecular weight excluding hydrogens is 250 g/mol. The van der Waals surface area contributed by atoms with Crippen LogP contribution < -0.4 is 5.73 Å². The Balaban J connectivity index is 2.38. The van der Waals surface area contributed by atoms with Crippen molar-refractivity contribution in [2.75, 3.05) is 5.73 Å². The van der Waals surface area contributed by atoms with Crippen LogP contribution in [0.25, 0.3) is 0 Å². The molecule has 0 saturated carbocycles. The van der Waals surface area contributed by atoms with Crippen LogP contribution in [0.2, 0.25) is 5.02 Å². The van der Waals surface area contributed by atoms with Gasteiger partial charge in [-0.2, -0.15) is 5.10 Å². The number of nitrogens with two attached hydrogens (primary N) is 1. The fourth-order valence-electron chi connectivity index (χ4n) is 1.81. The van der Waals surface area contributed by atoms with Crippen LogP contribution in [0.15, 0.2) is 30.5 Å². The normalized spacial score (nSPS) is 10.6. The van der Waals surface area contributed by atoms with E-state index in [1.54, 1.807) is 35.1 Å². The minimum Gasteiger partial charge on any atom is -0.399 e. The van der Waals surface area contributed by atoms with E-state index in [0.29, 0.717) is 28.5 Å².